The van der Waals surface area contributed by atoms with Gasteiger partial charge in [0.1, 0.15) is 10.6 Å². The molecule has 4 aromatic rings. The van der Waals surface area contributed by atoms with E-state index in [9.17, 15) is 4.79 Å². The van der Waals surface area contributed by atoms with Crippen LogP contribution in [-0.4, -0.2) is 28.0 Å². The largest absolute Gasteiger partial charge is 0.469 e. The highest BCUT2D eigenvalue weighted by Crippen LogP contribution is 2.40. The zero-order valence-electron chi connectivity index (χ0n) is 17.2. The Morgan fingerprint density at radius 3 is 2.74 bits per heavy atom. The molecule has 7 heteroatoms. The second-order valence-corrected chi connectivity index (χ2v) is 8.69. The summed E-state index contributed by atoms with van der Waals surface area (Å²) in [5.41, 5.74) is 4.11. The van der Waals surface area contributed by atoms with Crippen LogP contribution in [0, 0.1) is 0 Å². The highest BCUT2D eigenvalue weighted by atomic mass is 32.1. The van der Waals surface area contributed by atoms with Crippen LogP contribution >= 0.6 is 11.3 Å². The van der Waals surface area contributed by atoms with Crippen molar-refractivity contribution in [1.82, 2.24) is 15.0 Å². The minimum absolute atomic E-state index is 0.246. The van der Waals surface area contributed by atoms with Crippen LogP contribution in [0.5, 0.6) is 0 Å². The molecule has 1 aliphatic rings. The van der Waals surface area contributed by atoms with Crippen LogP contribution in [0.1, 0.15) is 28.8 Å². The summed E-state index contributed by atoms with van der Waals surface area (Å²) in [5.74, 6) is 1.25. The second-order valence-electron chi connectivity index (χ2n) is 7.60. The molecule has 0 atom stereocenters. The summed E-state index contributed by atoms with van der Waals surface area (Å²) in [6, 6.07) is 11.7. The number of methoxy groups -OCH3 is 1. The first-order valence-electron chi connectivity index (χ1n) is 10.4. The summed E-state index contributed by atoms with van der Waals surface area (Å²) in [6.45, 7) is 0. The van der Waals surface area contributed by atoms with Crippen molar-refractivity contribution in [1.29, 1.82) is 0 Å². The number of rotatable bonds is 5. The Morgan fingerprint density at radius 2 is 1.97 bits per heavy atom. The first kappa shape index (κ1) is 19.6. The van der Waals surface area contributed by atoms with Gasteiger partial charge in [0.2, 0.25) is 0 Å². The number of aromatic nitrogens is 3. The number of benzene rings is 1. The lowest BCUT2D eigenvalue weighted by Gasteiger charge is -2.13. The summed E-state index contributed by atoms with van der Waals surface area (Å²) in [6.07, 6.45) is 8.41. The van der Waals surface area contributed by atoms with Gasteiger partial charge in [-0.25, -0.2) is 9.97 Å². The van der Waals surface area contributed by atoms with E-state index in [2.05, 4.69) is 10.3 Å². The minimum atomic E-state index is -0.246. The topological polar surface area (TPSA) is 77.0 Å². The Kier molecular flexibility index (Phi) is 5.34. The number of ether oxygens (including phenoxy) is 1. The number of hydrogen-bond acceptors (Lipinski definition) is 7. The van der Waals surface area contributed by atoms with E-state index in [1.807, 2.05) is 36.4 Å². The average molecular weight is 431 g/mol. The zero-order valence-corrected chi connectivity index (χ0v) is 18.0. The maximum atomic E-state index is 11.5. The number of carbonyl (C=O) groups excluding carboxylic acids is 1. The molecule has 31 heavy (non-hydrogen) atoms. The predicted molar refractivity (Wildman–Crippen MR) is 123 cm³/mol. The van der Waals surface area contributed by atoms with Crippen molar-refractivity contribution < 1.29 is 9.53 Å². The van der Waals surface area contributed by atoms with Crippen LogP contribution < -0.4 is 5.32 Å². The van der Waals surface area contributed by atoms with E-state index in [0.29, 0.717) is 5.82 Å². The highest BCUT2D eigenvalue weighted by molar-refractivity contribution is 7.19. The van der Waals surface area contributed by atoms with Crippen molar-refractivity contribution >= 4 is 39.0 Å². The van der Waals surface area contributed by atoms with Crippen molar-refractivity contribution in [2.75, 3.05) is 12.4 Å². The van der Waals surface area contributed by atoms with Crippen LogP contribution in [-0.2, 0) is 28.8 Å². The molecule has 0 saturated heterocycles. The number of nitrogens with zero attached hydrogens (tertiary/aromatic N) is 3. The quantitative estimate of drug-likeness (QED) is 0.444. The molecule has 0 unspecified atom stereocenters. The fourth-order valence-electron chi connectivity index (χ4n) is 3.95. The number of fused-ring (bicyclic) bond motifs is 3. The van der Waals surface area contributed by atoms with E-state index >= 15 is 0 Å². The molecule has 1 N–H and O–H groups in total. The van der Waals surface area contributed by atoms with Crippen LogP contribution in [0.4, 0.5) is 11.5 Å². The number of thiophene rings is 1. The molecule has 1 aromatic carbocycles. The fourth-order valence-corrected chi connectivity index (χ4v) is 5.21. The molecule has 0 bridgehead atoms. The van der Waals surface area contributed by atoms with Gasteiger partial charge in [-0.2, -0.15) is 0 Å². The summed E-state index contributed by atoms with van der Waals surface area (Å²) in [4.78, 5) is 28.0. The lowest BCUT2D eigenvalue weighted by Crippen LogP contribution is -2.04. The average Bonchev–Trinajstić information content (AvgIpc) is 3.19. The Hall–Kier alpha value is -3.32. The normalized spacial score (nSPS) is 13.1. The van der Waals surface area contributed by atoms with E-state index in [1.54, 1.807) is 23.7 Å². The van der Waals surface area contributed by atoms with Gasteiger partial charge in [-0.3, -0.25) is 9.78 Å². The Bertz CT molecular complexity index is 1240. The lowest BCUT2D eigenvalue weighted by atomic mass is 9.97. The van der Waals surface area contributed by atoms with E-state index in [-0.39, 0.29) is 12.4 Å². The SMILES string of the molecule is COC(=O)Cc1ccc(Nc2nc(-c3cccnc3)nc3sc4c(c23)CCCC4)cc1. The van der Waals surface area contributed by atoms with Gasteiger partial charge in [-0.15, -0.1) is 11.3 Å². The summed E-state index contributed by atoms with van der Waals surface area (Å²) >= 11 is 1.78. The van der Waals surface area contributed by atoms with E-state index < -0.39 is 0 Å². The molecule has 0 fully saturated rings. The van der Waals surface area contributed by atoms with Gasteiger partial charge in [0, 0.05) is 28.5 Å². The Morgan fingerprint density at radius 1 is 1.13 bits per heavy atom. The molecule has 0 saturated carbocycles. The van der Waals surface area contributed by atoms with Gasteiger partial charge in [0.05, 0.1) is 18.9 Å². The molecule has 0 spiro atoms. The van der Waals surface area contributed by atoms with Gasteiger partial charge < -0.3 is 10.1 Å². The van der Waals surface area contributed by atoms with Crippen LogP contribution in [0.3, 0.4) is 0 Å². The molecule has 0 aliphatic heterocycles. The van der Waals surface area contributed by atoms with Crippen LogP contribution in [0.25, 0.3) is 21.6 Å². The van der Waals surface area contributed by atoms with Crippen molar-refractivity contribution in [3.8, 4) is 11.4 Å². The molecule has 156 valence electrons. The van der Waals surface area contributed by atoms with E-state index in [0.717, 1.165) is 45.7 Å². The molecular weight excluding hydrogens is 408 g/mol. The Labute approximate surface area is 184 Å². The third kappa shape index (κ3) is 4.01. The smallest absolute Gasteiger partial charge is 0.309 e. The number of anilines is 2. The number of pyridine rings is 1. The first-order chi connectivity index (χ1) is 15.2. The standard InChI is InChI=1S/C24H22N4O2S/c1-30-20(29)13-15-8-10-17(11-9-15)26-23-21-18-6-2-3-7-19(18)31-24(21)28-22(27-23)16-5-4-12-25-14-16/h4-5,8-12,14H,2-3,6-7,13H2,1H3,(H,26,27,28). The molecule has 0 amide bonds. The summed E-state index contributed by atoms with van der Waals surface area (Å²) in [7, 11) is 1.40. The number of esters is 1. The maximum Gasteiger partial charge on any atom is 0.309 e. The number of nitrogens with one attached hydrogen (secondary N) is 1. The van der Waals surface area contributed by atoms with Gasteiger partial charge in [0.15, 0.2) is 5.82 Å². The van der Waals surface area contributed by atoms with Crippen LogP contribution in [0.15, 0.2) is 48.8 Å². The fraction of sp³-hybridized carbons (Fsp3) is 0.250. The first-order valence-corrected chi connectivity index (χ1v) is 11.2. The number of aryl methyl sites for hydroxylation is 2. The maximum absolute atomic E-state index is 11.5. The summed E-state index contributed by atoms with van der Waals surface area (Å²) < 4.78 is 4.75. The van der Waals surface area contributed by atoms with Gasteiger partial charge in [-0.05, 0) is 61.1 Å². The molecule has 3 aromatic heterocycles. The van der Waals surface area contributed by atoms with Gasteiger partial charge >= 0.3 is 5.97 Å². The van der Waals surface area contributed by atoms with Crippen molar-refractivity contribution in [3.63, 3.8) is 0 Å². The van der Waals surface area contributed by atoms with E-state index in [4.69, 9.17) is 14.7 Å². The molecule has 3 heterocycles. The molecule has 6 nitrogen and oxygen atoms in total. The monoisotopic (exact) mass is 430 g/mol. The molecule has 5 rings (SSSR count). The predicted octanol–water partition coefficient (Wildman–Crippen LogP) is 5.09. The van der Waals surface area contributed by atoms with Gasteiger partial charge in [0.25, 0.3) is 0 Å². The molecule has 0 radical (unpaired) electrons. The number of carbonyl (C=O) groups is 1. The lowest BCUT2D eigenvalue weighted by molar-refractivity contribution is -0.139. The van der Waals surface area contributed by atoms with E-state index in [1.165, 1.54) is 30.4 Å². The highest BCUT2D eigenvalue weighted by Gasteiger charge is 2.21. The molecule has 1 aliphatic carbocycles. The second kappa shape index (κ2) is 8.43. The summed E-state index contributed by atoms with van der Waals surface area (Å²) in [5, 5.41) is 4.64. The zero-order chi connectivity index (χ0) is 21.2. The third-order valence-electron chi connectivity index (χ3n) is 5.53. The molecular formula is C24H22N4O2S. The van der Waals surface area contributed by atoms with Crippen molar-refractivity contribution in [3.05, 3.63) is 64.8 Å². The Balaban J connectivity index is 1.56. The third-order valence-corrected chi connectivity index (χ3v) is 6.71. The van der Waals surface area contributed by atoms with Crippen molar-refractivity contribution in [2.45, 2.75) is 32.1 Å². The minimum Gasteiger partial charge on any atom is -0.469 e. The van der Waals surface area contributed by atoms with Crippen LogP contribution in [0.2, 0.25) is 0 Å². The van der Waals surface area contributed by atoms with Gasteiger partial charge in [-0.1, -0.05) is 12.1 Å². The number of hydrogen-bond donors (Lipinski definition) is 1. The van der Waals surface area contributed by atoms with Crippen molar-refractivity contribution in [2.24, 2.45) is 0 Å².